The Balaban J connectivity index is 1.48. The molecular weight excluding hydrogens is 404 g/mol. The molecule has 12 heteroatoms. The van der Waals surface area contributed by atoms with Gasteiger partial charge in [-0.2, -0.15) is 28.4 Å². The van der Waals surface area contributed by atoms with Crippen molar-refractivity contribution in [1.82, 2.24) is 29.5 Å². The zero-order valence-electron chi connectivity index (χ0n) is 16.3. The van der Waals surface area contributed by atoms with Crippen molar-refractivity contribution in [3.05, 3.63) is 41.9 Å². The number of halogens is 4. The van der Waals surface area contributed by atoms with E-state index in [4.69, 9.17) is 0 Å². The maximum atomic E-state index is 13.1. The van der Waals surface area contributed by atoms with E-state index in [-0.39, 0.29) is 29.7 Å². The second kappa shape index (κ2) is 7.58. The fourth-order valence-electron chi connectivity index (χ4n) is 3.48. The topological polar surface area (TPSA) is 85.5 Å². The third-order valence-electron chi connectivity index (χ3n) is 5.11. The van der Waals surface area contributed by atoms with E-state index in [9.17, 15) is 17.6 Å². The number of hydrogen-bond acceptors (Lipinski definition) is 6. The van der Waals surface area contributed by atoms with E-state index in [2.05, 4.69) is 30.8 Å². The third kappa shape index (κ3) is 3.81. The van der Waals surface area contributed by atoms with Crippen LogP contribution in [-0.2, 0) is 6.18 Å². The quantitative estimate of drug-likeness (QED) is 0.580. The third-order valence-corrected chi connectivity index (χ3v) is 5.11. The van der Waals surface area contributed by atoms with Gasteiger partial charge in [0.1, 0.15) is 11.4 Å². The van der Waals surface area contributed by atoms with Gasteiger partial charge in [-0.05, 0) is 26.7 Å². The van der Waals surface area contributed by atoms with E-state index in [1.54, 1.807) is 17.8 Å². The largest absolute Gasteiger partial charge is 0.421 e. The van der Waals surface area contributed by atoms with Gasteiger partial charge in [-0.3, -0.25) is 9.36 Å². The van der Waals surface area contributed by atoms with Gasteiger partial charge in [0.15, 0.2) is 5.82 Å². The number of anilines is 3. The molecule has 1 fully saturated rings. The Hall–Kier alpha value is -3.18. The molecule has 0 spiro atoms. The molecule has 0 bridgehead atoms. The molecule has 0 unspecified atom stereocenters. The van der Waals surface area contributed by atoms with Crippen molar-refractivity contribution in [2.24, 2.45) is 0 Å². The van der Waals surface area contributed by atoms with Crippen LogP contribution in [0.3, 0.4) is 0 Å². The van der Waals surface area contributed by atoms with Gasteiger partial charge in [-0.15, -0.1) is 0 Å². The lowest BCUT2D eigenvalue weighted by atomic mass is 9.87. The molecule has 0 aliphatic heterocycles. The van der Waals surface area contributed by atoms with Gasteiger partial charge >= 0.3 is 6.18 Å². The molecule has 3 aromatic heterocycles. The molecule has 0 saturated heterocycles. The van der Waals surface area contributed by atoms with Crippen molar-refractivity contribution >= 4 is 17.5 Å². The number of rotatable bonds is 6. The van der Waals surface area contributed by atoms with Crippen LogP contribution < -0.4 is 10.6 Å². The standard InChI is InChI=1S/C18H20F4N8/c1-3-23-16-14(18(20,21)22)7-24-17(28-16)27-15-8-26-30(10(15)2)13-4-12(5-13)29-9-11(19)6-25-29/h6-9,12-13H,3-5H2,1-2H3,(H2,23,24,27,28). The van der Waals surface area contributed by atoms with Gasteiger partial charge < -0.3 is 10.6 Å². The summed E-state index contributed by atoms with van der Waals surface area (Å²) in [5, 5.41) is 13.9. The summed E-state index contributed by atoms with van der Waals surface area (Å²) < 4.78 is 55.9. The zero-order valence-corrected chi connectivity index (χ0v) is 16.3. The summed E-state index contributed by atoms with van der Waals surface area (Å²) in [5.41, 5.74) is 0.488. The SMILES string of the molecule is CCNc1nc(Nc2cnn(C3CC(n4cc(F)cn4)C3)c2C)ncc1C(F)(F)F. The Labute approximate surface area is 169 Å². The van der Waals surface area contributed by atoms with Crippen LogP contribution in [0.2, 0.25) is 0 Å². The Morgan fingerprint density at radius 1 is 1.13 bits per heavy atom. The van der Waals surface area contributed by atoms with Crippen LogP contribution >= 0.6 is 0 Å². The van der Waals surface area contributed by atoms with E-state index in [1.807, 2.05) is 11.6 Å². The van der Waals surface area contributed by atoms with Gasteiger partial charge in [0.05, 0.1) is 42.1 Å². The normalized spacial score (nSPS) is 18.9. The van der Waals surface area contributed by atoms with Gasteiger partial charge in [0.25, 0.3) is 0 Å². The van der Waals surface area contributed by atoms with E-state index < -0.39 is 11.7 Å². The zero-order chi connectivity index (χ0) is 21.5. The van der Waals surface area contributed by atoms with Crippen molar-refractivity contribution in [2.45, 2.75) is 44.9 Å². The monoisotopic (exact) mass is 424 g/mol. The van der Waals surface area contributed by atoms with Crippen molar-refractivity contribution < 1.29 is 17.6 Å². The number of nitrogens with zero attached hydrogens (tertiary/aromatic N) is 6. The van der Waals surface area contributed by atoms with Crippen LogP contribution in [0.25, 0.3) is 0 Å². The first kappa shape index (κ1) is 20.1. The highest BCUT2D eigenvalue weighted by Crippen LogP contribution is 2.42. The van der Waals surface area contributed by atoms with Gasteiger partial charge in [0.2, 0.25) is 5.95 Å². The summed E-state index contributed by atoms with van der Waals surface area (Å²) in [6.07, 6.45) is 1.86. The summed E-state index contributed by atoms with van der Waals surface area (Å²) in [6.45, 7) is 3.83. The molecule has 1 aliphatic carbocycles. The average Bonchev–Trinajstić information content (AvgIpc) is 3.21. The minimum Gasteiger partial charge on any atom is -0.370 e. The number of aromatic nitrogens is 6. The first-order chi connectivity index (χ1) is 14.3. The first-order valence-corrected chi connectivity index (χ1v) is 9.45. The molecule has 0 amide bonds. The lowest BCUT2D eigenvalue weighted by Crippen LogP contribution is -2.30. The van der Waals surface area contributed by atoms with Gasteiger partial charge in [0, 0.05) is 12.7 Å². The van der Waals surface area contributed by atoms with Gasteiger partial charge in [-0.25, -0.2) is 9.37 Å². The van der Waals surface area contributed by atoms with Crippen LogP contribution in [0.5, 0.6) is 0 Å². The predicted octanol–water partition coefficient (Wildman–Crippen LogP) is 4.09. The number of alkyl halides is 3. The molecule has 3 aromatic rings. The molecule has 1 aliphatic rings. The van der Waals surface area contributed by atoms with Crippen LogP contribution in [0.1, 0.15) is 43.1 Å². The van der Waals surface area contributed by atoms with E-state index in [0.717, 1.165) is 24.7 Å². The van der Waals surface area contributed by atoms with Crippen LogP contribution in [-0.4, -0.2) is 36.1 Å². The molecule has 1 saturated carbocycles. The molecule has 30 heavy (non-hydrogen) atoms. The van der Waals surface area contributed by atoms with Crippen molar-refractivity contribution in [3.8, 4) is 0 Å². The predicted molar refractivity (Wildman–Crippen MR) is 101 cm³/mol. The van der Waals surface area contributed by atoms with Crippen molar-refractivity contribution in [3.63, 3.8) is 0 Å². The highest BCUT2D eigenvalue weighted by molar-refractivity contribution is 5.58. The van der Waals surface area contributed by atoms with Crippen molar-refractivity contribution in [2.75, 3.05) is 17.2 Å². The van der Waals surface area contributed by atoms with Crippen LogP contribution in [0, 0.1) is 12.7 Å². The minimum absolute atomic E-state index is 0.0418. The Bertz CT molecular complexity index is 1040. The molecule has 160 valence electrons. The summed E-state index contributed by atoms with van der Waals surface area (Å²) in [7, 11) is 0. The molecule has 3 heterocycles. The summed E-state index contributed by atoms with van der Waals surface area (Å²) in [5.74, 6) is -0.602. The molecule has 2 N–H and O–H groups in total. The summed E-state index contributed by atoms with van der Waals surface area (Å²) >= 11 is 0. The van der Waals surface area contributed by atoms with Crippen LogP contribution in [0.4, 0.5) is 35.0 Å². The van der Waals surface area contributed by atoms with Crippen molar-refractivity contribution in [1.29, 1.82) is 0 Å². The Morgan fingerprint density at radius 3 is 2.53 bits per heavy atom. The van der Waals surface area contributed by atoms with E-state index in [1.165, 1.54) is 12.4 Å². The highest BCUT2D eigenvalue weighted by atomic mass is 19.4. The van der Waals surface area contributed by atoms with Gasteiger partial charge in [-0.1, -0.05) is 0 Å². The summed E-state index contributed by atoms with van der Waals surface area (Å²) in [6, 6.07) is 0.240. The van der Waals surface area contributed by atoms with Crippen LogP contribution in [0.15, 0.2) is 24.8 Å². The smallest absolute Gasteiger partial charge is 0.370 e. The Morgan fingerprint density at radius 2 is 1.90 bits per heavy atom. The minimum atomic E-state index is -4.55. The lowest BCUT2D eigenvalue weighted by Gasteiger charge is -2.36. The Kier molecular flexibility index (Phi) is 5.08. The second-order valence-corrected chi connectivity index (χ2v) is 7.11. The highest BCUT2D eigenvalue weighted by Gasteiger charge is 2.36. The number of hydrogen-bond donors (Lipinski definition) is 2. The molecule has 4 rings (SSSR count). The fraction of sp³-hybridized carbons (Fsp3) is 0.444. The first-order valence-electron chi connectivity index (χ1n) is 9.45. The molecule has 0 atom stereocenters. The molecule has 0 aromatic carbocycles. The van der Waals surface area contributed by atoms with E-state index >= 15 is 0 Å². The summed E-state index contributed by atoms with van der Waals surface area (Å²) in [4.78, 5) is 7.77. The molecular formula is C18H20F4N8. The lowest BCUT2D eigenvalue weighted by molar-refractivity contribution is -0.137. The molecule has 0 radical (unpaired) electrons. The molecule has 8 nitrogen and oxygen atoms in total. The number of nitrogens with one attached hydrogen (secondary N) is 2. The fourth-order valence-corrected chi connectivity index (χ4v) is 3.48. The van der Waals surface area contributed by atoms with E-state index in [0.29, 0.717) is 12.2 Å². The maximum absolute atomic E-state index is 13.1. The maximum Gasteiger partial charge on any atom is 0.421 e. The average molecular weight is 424 g/mol. The second-order valence-electron chi connectivity index (χ2n) is 7.11.